The number of carbonyl (C=O) groups is 3. The largest absolute Gasteiger partial charge is 0.462 e. The van der Waals surface area contributed by atoms with Crippen LogP contribution < -0.4 is 0 Å². The molecule has 0 aromatic carbocycles. The molecule has 0 aliphatic carbocycles. The molecule has 0 bridgehead atoms. The fraction of sp³-hybridized carbons (Fsp3) is 0.597. The van der Waals surface area contributed by atoms with E-state index in [-0.39, 0.29) is 31.1 Å². The van der Waals surface area contributed by atoms with Crippen LogP contribution in [-0.2, 0) is 28.6 Å². The molecule has 6 nitrogen and oxygen atoms in total. The van der Waals surface area contributed by atoms with Crippen molar-refractivity contribution in [1.82, 2.24) is 0 Å². The Labute approximate surface area is 511 Å². The number of unbranched alkanes of at least 4 members (excludes halogenated alkanes) is 20. The maximum atomic E-state index is 12.9. The van der Waals surface area contributed by atoms with Crippen molar-refractivity contribution < 1.29 is 28.6 Å². The van der Waals surface area contributed by atoms with Gasteiger partial charge in [-0.25, -0.2) is 0 Å². The lowest BCUT2D eigenvalue weighted by Crippen LogP contribution is -2.30. The van der Waals surface area contributed by atoms with Crippen LogP contribution in [0, 0.1) is 0 Å². The molecule has 0 saturated heterocycles. The first-order valence-electron chi connectivity index (χ1n) is 33.6. The molecule has 466 valence electrons. The van der Waals surface area contributed by atoms with E-state index in [1.165, 1.54) is 77.0 Å². The zero-order valence-corrected chi connectivity index (χ0v) is 53.4. The summed E-state index contributed by atoms with van der Waals surface area (Å²) in [7, 11) is 0. The third-order valence-corrected chi connectivity index (χ3v) is 13.7. The van der Waals surface area contributed by atoms with Crippen LogP contribution in [0.1, 0.15) is 278 Å². The smallest absolute Gasteiger partial charge is 0.306 e. The molecule has 0 aromatic rings. The quantitative estimate of drug-likeness (QED) is 0.0261. The van der Waals surface area contributed by atoms with Crippen molar-refractivity contribution >= 4 is 17.9 Å². The van der Waals surface area contributed by atoms with Gasteiger partial charge in [-0.1, -0.05) is 274 Å². The molecule has 0 fully saturated rings. The highest BCUT2D eigenvalue weighted by Crippen LogP contribution is 2.14. The number of hydrogen-bond donors (Lipinski definition) is 0. The second kappa shape index (κ2) is 69.3. The third-order valence-electron chi connectivity index (χ3n) is 13.7. The summed E-state index contributed by atoms with van der Waals surface area (Å²) in [6.45, 7) is 6.42. The Hall–Kier alpha value is -5.23. The molecule has 0 aliphatic rings. The van der Waals surface area contributed by atoms with Gasteiger partial charge in [0.05, 0.1) is 0 Å². The molecule has 1 unspecified atom stereocenters. The Morgan fingerprint density at radius 2 is 0.482 bits per heavy atom. The summed E-state index contributed by atoms with van der Waals surface area (Å²) < 4.78 is 16.9. The minimum absolute atomic E-state index is 0.108. The van der Waals surface area contributed by atoms with Gasteiger partial charge in [-0.3, -0.25) is 14.4 Å². The predicted molar refractivity (Wildman–Crippen MR) is 361 cm³/mol. The van der Waals surface area contributed by atoms with Crippen LogP contribution in [0.2, 0.25) is 0 Å². The molecule has 0 aliphatic heterocycles. The molecular formula is C77H122O6. The Morgan fingerprint density at radius 3 is 0.807 bits per heavy atom. The summed E-state index contributed by atoms with van der Waals surface area (Å²) in [6, 6.07) is 0. The van der Waals surface area contributed by atoms with Gasteiger partial charge in [0.1, 0.15) is 13.2 Å². The average molecular weight is 1140 g/mol. The summed E-state index contributed by atoms with van der Waals surface area (Å²) in [5.41, 5.74) is 0. The molecule has 83 heavy (non-hydrogen) atoms. The van der Waals surface area contributed by atoms with E-state index in [9.17, 15) is 14.4 Å². The van der Waals surface area contributed by atoms with Crippen LogP contribution in [0.4, 0.5) is 0 Å². The molecule has 0 saturated carbocycles. The van der Waals surface area contributed by atoms with E-state index in [0.29, 0.717) is 25.7 Å². The Morgan fingerprint density at radius 1 is 0.253 bits per heavy atom. The molecular weight excluding hydrogens is 1020 g/mol. The SMILES string of the molecule is CC/C=C\C/C=C\C/C=C\C/C=C\C/C=C\C/C=C\C/C=C\C/C=C\C/C=C\C/C=C\CCCCC(=O)OCC(COC(=O)CCCCCCC/C=C\CCCC)OC(=O)CCCCCCCC/C=C\C/C=C\C/C=C\CCCCCCC. The summed E-state index contributed by atoms with van der Waals surface area (Å²) >= 11 is 0. The number of allylic oxidation sites excluding steroid dienone is 28. The van der Waals surface area contributed by atoms with Gasteiger partial charge in [0.2, 0.25) is 0 Å². The number of esters is 3. The van der Waals surface area contributed by atoms with Crippen LogP contribution in [0.25, 0.3) is 0 Å². The standard InChI is InChI=1S/C77H122O6/c1-4-7-10-13-16-19-22-24-26-28-30-32-33-34-35-36-37-38-39-40-41-42-43-45-46-48-50-52-55-58-61-64-67-70-76(79)82-73-74(72-81-75(78)69-66-63-60-57-54-21-18-15-12-9-6-3)83-77(80)71-68-65-62-59-56-53-51-49-47-44-31-29-27-25-23-20-17-14-11-8-5-2/h7,10,15-16,18-19,23-26,29-32,34-35,37-38,40-41,43,45,47-50,55,58,74H,4-6,8-9,11-14,17,20-22,27-28,33,36,39,42,44,46,51-54,56-57,59-73H2,1-3H3/b10-7-,18-15-,19-16-,25-23-,26-24-,31-29-,32-30-,35-34-,38-37-,41-40-,45-43-,49-47-,50-48-,58-55-. The summed E-state index contributed by atoms with van der Waals surface area (Å²) in [6.07, 6.45) is 102. The third kappa shape index (κ3) is 67.4. The molecule has 6 heteroatoms. The number of hydrogen-bond acceptors (Lipinski definition) is 6. The minimum atomic E-state index is -0.816. The van der Waals surface area contributed by atoms with E-state index < -0.39 is 6.10 Å². The van der Waals surface area contributed by atoms with E-state index in [4.69, 9.17) is 14.2 Å². The fourth-order valence-corrected chi connectivity index (χ4v) is 8.63. The molecule has 0 rings (SSSR count). The average Bonchev–Trinajstić information content (AvgIpc) is 3.48. The first-order valence-corrected chi connectivity index (χ1v) is 33.6. The van der Waals surface area contributed by atoms with Crippen molar-refractivity contribution in [2.24, 2.45) is 0 Å². The molecule has 0 N–H and O–H groups in total. The van der Waals surface area contributed by atoms with Gasteiger partial charge < -0.3 is 14.2 Å². The molecule has 0 heterocycles. The van der Waals surface area contributed by atoms with Gasteiger partial charge in [0.25, 0.3) is 0 Å². The molecule has 0 amide bonds. The van der Waals surface area contributed by atoms with E-state index in [2.05, 4.69) is 191 Å². The molecule has 0 aromatic heterocycles. The van der Waals surface area contributed by atoms with E-state index in [1.54, 1.807) is 0 Å². The maximum Gasteiger partial charge on any atom is 0.306 e. The Balaban J connectivity index is 4.40. The minimum Gasteiger partial charge on any atom is -0.462 e. The van der Waals surface area contributed by atoms with E-state index in [0.717, 1.165) is 154 Å². The highest BCUT2D eigenvalue weighted by Gasteiger charge is 2.19. The van der Waals surface area contributed by atoms with Gasteiger partial charge in [-0.2, -0.15) is 0 Å². The number of carbonyl (C=O) groups excluding carboxylic acids is 3. The second-order valence-electron chi connectivity index (χ2n) is 21.6. The van der Waals surface area contributed by atoms with Crippen molar-refractivity contribution in [3.05, 3.63) is 170 Å². The highest BCUT2D eigenvalue weighted by atomic mass is 16.6. The summed E-state index contributed by atoms with van der Waals surface area (Å²) in [5.74, 6) is -0.980. The van der Waals surface area contributed by atoms with Crippen LogP contribution in [0.5, 0.6) is 0 Å². The molecule has 0 radical (unpaired) electrons. The Bertz CT molecular complexity index is 1890. The topological polar surface area (TPSA) is 78.9 Å². The molecule has 0 spiro atoms. The first kappa shape index (κ1) is 77.8. The summed E-state index contributed by atoms with van der Waals surface area (Å²) in [4.78, 5) is 38.3. The van der Waals surface area contributed by atoms with Crippen molar-refractivity contribution in [3.63, 3.8) is 0 Å². The monoisotopic (exact) mass is 1140 g/mol. The van der Waals surface area contributed by atoms with Crippen molar-refractivity contribution in [3.8, 4) is 0 Å². The van der Waals surface area contributed by atoms with Gasteiger partial charge in [0, 0.05) is 19.3 Å². The van der Waals surface area contributed by atoms with Crippen LogP contribution in [0.15, 0.2) is 170 Å². The van der Waals surface area contributed by atoms with Gasteiger partial charge >= 0.3 is 17.9 Å². The summed E-state index contributed by atoms with van der Waals surface area (Å²) in [5, 5.41) is 0. The zero-order chi connectivity index (χ0) is 59.9. The normalized spacial score (nSPS) is 13.2. The van der Waals surface area contributed by atoms with Gasteiger partial charge in [-0.15, -0.1) is 0 Å². The molecule has 1 atom stereocenters. The van der Waals surface area contributed by atoms with Crippen LogP contribution >= 0.6 is 0 Å². The highest BCUT2D eigenvalue weighted by molar-refractivity contribution is 5.71. The lowest BCUT2D eigenvalue weighted by molar-refractivity contribution is -0.167. The zero-order valence-electron chi connectivity index (χ0n) is 53.4. The van der Waals surface area contributed by atoms with Crippen molar-refractivity contribution in [2.75, 3.05) is 13.2 Å². The first-order chi connectivity index (χ1) is 41.0. The second-order valence-corrected chi connectivity index (χ2v) is 21.6. The lowest BCUT2D eigenvalue weighted by atomic mass is 10.1. The van der Waals surface area contributed by atoms with Crippen molar-refractivity contribution in [2.45, 2.75) is 284 Å². The van der Waals surface area contributed by atoms with E-state index >= 15 is 0 Å². The van der Waals surface area contributed by atoms with Crippen LogP contribution in [-0.4, -0.2) is 37.2 Å². The fourth-order valence-electron chi connectivity index (χ4n) is 8.63. The predicted octanol–water partition coefficient (Wildman–Crippen LogP) is 23.4. The van der Waals surface area contributed by atoms with Crippen LogP contribution in [0.3, 0.4) is 0 Å². The lowest BCUT2D eigenvalue weighted by Gasteiger charge is -2.18. The van der Waals surface area contributed by atoms with Gasteiger partial charge in [0.15, 0.2) is 6.10 Å². The number of rotatable bonds is 59. The van der Waals surface area contributed by atoms with Gasteiger partial charge in [-0.05, 0) is 154 Å². The number of ether oxygens (including phenoxy) is 3. The maximum absolute atomic E-state index is 12.9. The van der Waals surface area contributed by atoms with E-state index in [1.807, 2.05) is 0 Å². The Kier molecular flexibility index (Phi) is 64.9. The van der Waals surface area contributed by atoms with Crippen molar-refractivity contribution in [1.29, 1.82) is 0 Å².